The summed E-state index contributed by atoms with van der Waals surface area (Å²) in [7, 11) is 1.72. The molecule has 0 fully saturated rings. The molecule has 0 heterocycles. The summed E-state index contributed by atoms with van der Waals surface area (Å²) in [4.78, 5) is 0. The molecular weight excluding hydrogens is 388 g/mol. The summed E-state index contributed by atoms with van der Waals surface area (Å²) in [5.74, 6) is 1.32. The minimum absolute atomic E-state index is 0.403. The molecule has 0 N–H and O–H groups in total. The normalized spacial score (nSPS) is 12.7. The Kier molecular flexibility index (Phi) is 11.9. The Labute approximate surface area is 199 Å². The highest BCUT2D eigenvalue weighted by atomic mass is 16.5. The SMILES string of the molecule is CCCCC(CCCC)(CCCC)CCCc1ccc(C(C)c2ccc(OC)cc2)cc1. The van der Waals surface area contributed by atoms with Gasteiger partial charge in [0.05, 0.1) is 7.11 Å². The largest absolute Gasteiger partial charge is 0.497 e. The third-order valence-electron chi connectivity index (χ3n) is 7.45. The predicted molar refractivity (Wildman–Crippen MR) is 141 cm³/mol. The third kappa shape index (κ3) is 8.30. The van der Waals surface area contributed by atoms with Crippen LogP contribution in [0.4, 0.5) is 0 Å². The van der Waals surface area contributed by atoms with E-state index in [4.69, 9.17) is 4.74 Å². The Hall–Kier alpha value is -1.76. The van der Waals surface area contributed by atoms with E-state index < -0.39 is 0 Å². The molecule has 2 aromatic rings. The molecule has 0 aliphatic heterocycles. The van der Waals surface area contributed by atoms with Crippen molar-refractivity contribution in [2.24, 2.45) is 5.41 Å². The van der Waals surface area contributed by atoms with Gasteiger partial charge < -0.3 is 4.74 Å². The molecule has 178 valence electrons. The fraction of sp³-hybridized carbons (Fsp3) is 0.613. The van der Waals surface area contributed by atoms with Gasteiger partial charge in [-0.2, -0.15) is 0 Å². The Morgan fingerprint density at radius 2 is 1.09 bits per heavy atom. The summed E-state index contributed by atoms with van der Waals surface area (Å²) in [6, 6.07) is 17.9. The van der Waals surface area contributed by atoms with Crippen molar-refractivity contribution < 1.29 is 4.74 Å². The zero-order valence-corrected chi connectivity index (χ0v) is 21.6. The quantitative estimate of drug-likeness (QED) is 0.254. The fourth-order valence-corrected chi connectivity index (χ4v) is 5.13. The van der Waals surface area contributed by atoms with Crippen LogP contribution < -0.4 is 4.74 Å². The Morgan fingerprint density at radius 1 is 0.656 bits per heavy atom. The smallest absolute Gasteiger partial charge is 0.118 e. The van der Waals surface area contributed by atoms with Crippen LogP contribution in [0.2, 0.25) is 0 Å². The summed E-state index contributed by atoms with van der Waals surface area (Å²) in [6.45, 7) is 9.33. The number of rotatable bonds is 16. The molecule has 1 nitrogen and oxygen atoms in total. The summed E-state index contributed by atoms with van der Waals surface area (Å²) in [6.07, 6.45) is 16.4. The van der Waals surface area contributed by atoms with Crippen LogP contribution in [0.3, 0.4) is 0 Å². The number of hydrogen-bond donors (Lipinski definition) is 0. The second-order valence-corrected chi connectivity index (χ2v) is 9.90. The van der Waals surface area contributed by atoms with Crippen LogP contribution in [-0.4, -0.2) is 7.11 Å². The second kappa shape index (κ2) is 14.4. The number of ether oxygens (including phenoxy) is 1. The zero-order valence-electron chi connectivity index (χ0n) is 21.6. The number of hydrogen-bond acceptors (Lipinski definition) is 1. The van der Waals surface area contributed by atoms with Gasteiger partial charge in [0.15, 0.2) is 0 Å². The van der Waals surface area contributed by atoms with Gasteiger partial charge >= 0.3 is 0 Å². The average molecular weight is 437 g/mol. The van der Waals surface area contributed by atoms with Crippen molar-refractivity contribution in [2.75, 3.05) is 7.11 Å². The van der Waals surface area contributed by atoms with Gasteiger partial charge in [-0.15, -0.1) is 0 Å². The van der Waals surface area contributed by atoms with Gasteiger partial charge in [-0.3, -0.25) is 0 Å². The predicted octanol–water partition coefficient (Wildman–Crippen LogP) is 9.73. The zero-order chi connectivity index (χ0) is 23.2. The van der Waals surface area contributed by atoms with E-state index in [2.05, 4.69) is 76.2 Å². The van der Waals surface area contributed by atoms with Crippen molar-refractivity contribution in [3.8, 4) is 5.75 Å². The molecule has 0 amide bonds. The monoisotopic (exact) mass is 436 g/mol. The molecule has 0 bridgehead atoms. The third-order valence-corrected chi connectivity index (χ3v) is 7.45. The van der Waals surface area contributed by atoms with Gasteiger partial charge in [0.25, 0.3) is 0 Å². The Balaban J connectivity index is 1.97. The first-order valence-corrected chi connectivity index (χ1v) is 13.3. The van der Waals surface area contributed by atoms with E-state index >= 15 is 0 Å². The lowest BCUT2D eigenvalue weighted by Gasteiger charge is -2.35. The van der Waals surface area contributed by atoms with Gasteiger partial charge in [-0.1, -0.05) is 103 Å². The van der Waals surface area contributed by atoms with Gasteiger partial charge in [0.2, 0.25) is 0 Å². The molecule has 1 unspecified atom stereocenters. The number of aryl methyl sites for hydroxylation is 1. The van der Waals surface area contributed by atoms with E-state index in [-0.39, 0.29) is 0 Å². The lowest BCUT2D eigenvalue weighted by molar-refractivity contribution is 0.178. The molecule has 0 saturated carbocycles. The molecule has 2 aromatic carbocycles. The van der Waals surface area contributed by atoms with Gasteiger partial charge in [0, 0.05) is 5.92 Å². The lowest BCUT2D eigenvalue weighted by Crippen LogP contribution is -2.21. The minimum Gasteiger partial charge on any atom is -0.497 e. The Morgan fingerprint density at radius 3 is 1.53 bits per heavy atom. The molecular formula is C31H48O. The highest BCUT2D eigenvalue weighted by Gasteiger charge is 2.27. The number of benzene rings is 2. The number of unbranched alkanes of at least 4 members (excludes halogenated alkanes) is 3. The van der Waals surface area contributed by atoms with Crippen molar-refractivity contribution in [3.63, 3.8) is 0 Å². The van der Waals surface area contributed by atoms with Crippen LogP contribution in [0.5, 0.6) is 5.75 Å². The highest BCUT2D eigenvalue weighted by molar-refractivity contribution is 5.36. The van der Waals surface area contributed by atoms with Crippen molar-refractivity contribution in [1.82, 2.24) is 0 Å². The Bertz CT molecular complexity index is 706. The molecule has 1 heteroatoms. The van der Waals surface area contributed by atoms with E-state index in [9.17, 15) is 0 Å². The van der Waals surface area contributed by atoms with Crippen LogP contribution in [0, 0.1) is 5.41 Å². The molecule has 0 spiro atoms. The molecule has 32 heavy (non-hydrogen) atoms. The minimum atomic E-state index is 0.403. The molecule has 0 radical (unpaired) electrons. The van der Waals surface area contributed by atoms with Crippen LogP contribution >= 0.6 is 0 Å². The fourth-order valence-electron chi connectivity index (χ4n) is 5.13. The first-order valence-electron chi connectivity index (χ1n) is 13.3. The first kappa shape index (κ1) is 26.5. The molecule has 1 atom stereocenters. The topological polar surface area (TPSA) is 9.23 Å². The van der Waals surface area contributed by atoms with E-state index in [0.717, 1.165) is 5.75 Å². The molecule has 2 rings (SSSR count). The maximum atomic E-state index is 5.30. The lowest BCUT2D eigenvalue weighted by atomic mass is 9.71. The van der Waals surface area contributed by atoms with Crippen molar-refractivity contribution in [1.29, 1.82) is 0 Å². The average Bonchev–Trinajstić information content (AvgIpc) is 2.84. The maximum Gasteiger partial charge on any atom is 0.118 e. The van der Waals surface area contributed by atoms with Crippen LogP contribution in [-0.2, 0) is 6.42 Å². The summed E-state index contributed by atoms with van der Waals surface area (Å²) >= 11 is 0. The molecule has 0 saturated heterocycles. The van der Waals surface area contributed by atoms with Gasteiger partial charge in [-0.25, -0.2) is 0 Å². The van der Waals surface area contributed by atoms with Crippen molar-refractivity contribution in [3.05, 3.63) is 65.2 Å². The summed E-state index contributed by atoms with van der Waals surface area (Å²) in [5, 5.41) is 0. The second-order valence-electron chi connectivity index (χ2n) is 9.90. The van der Waals surface area contributed by atoms with E-state index in [1.807, 2.05) is 0 Å². The standard InChI is InChI=1S/C31H48O/c1-6-9-22-31(23-10-7-2,24-11-8-3)25-12-13-27-14-16-28(17-15-27)26(4)29-18-20-30(32-5)21-19-29/h14-21,26H,6-13,22-25H2,1-5H3. The van der Waals surface area contributed by atoms with Crippen LogP contribution in [0.1, 0.15) is 121 Å². The number of methoxy groups -OCH3 is 1. The summed E-state index contributed by atoms with van der Waals surface area (Å²) in [5.41, 5.74) is 4.81. The summed E-state index contributed by atoms with van der Waals surface area (Å²) < 4.78 is 5.30. The molecule has 0 aromatic heterocycles. The first-order chi connectivity index (χ1) is 15.6. The van der Waals surface area contributed by atoms with Gasteiger partial charge in [0.1, 0.15) is 5.75 Å². The highest BCUT2D eigenvalue weighted by Crippen LogP contribution is 2.41. The van der Waals surface area contributed by atoms with E-state index in [1.54, 1.807) is 7.11 Å². The molecule has 0 aliphatic carbocycles. The van der Waals surface area contributed by atoms with Crippen LogP contribution in [0.15, 0.2) is 48.5 Å². The van der Waals surface area contributed by atoms with E-state index in [0.29, 0.717) is 11.3 Å². The van der Waals surface area contributed by atoms with Crippen LogP contribution in [0.25, 0.3) is 0 Å². The maximum absolute atomic E-state index is 5.30. The van der Waals surface area contributed by atoms with Crippen molar-refractivity contribution in [2.45, 2.75) is 111 Å². The van der Waals surface area contributed by atoms with Crippen molar-refractivity contribution >= 4 is 0 Å². The van der Waals surface area contributed by atoms with Gasteiger partial charge in [-0.05, 0) is 72.8 Å². The van der Waals surface area contributed by atoms with E-state index in [1.165, 1.54) is 93.7 Å². The molecule has 0 aliphatic rings.